The van der Waals surface area contributed by atoms with Crippen LogP contribution in [0.1, 0.15) is 18.9 Å². The van der Waals surface area contributed by atoms with E-state index in [-0.39, 0.29) is 29.7 Å². The number of amides is 1. The number of aromatic nitrogens is 4. The lowest BCUT2D eigenvalue weighted by Gasteiger charge is -2.14. The molecule has 8 heteroatoms. The maximum Gasteiger partial charge on any atom is 0.332 e. The SMILES string of the molecule is C[C@@H](CCc1ccccc1)NC(=O)Cn1cnc2c1c(=O)n(C)c(=O)n2C. The van der Waals surface area contributed by atoms with Crippen molar-refractivity contribution >= 4 is 17.1 Å². The summed E-state index contributed by atoms with van der Waals surface area (Å²) in [4.78, 5) is 40.9. The summed E-state index contributed by atoms with van der Waals surface area (Å²) in [6, 6.07) is 10.1. The summed E-state index contributed by atoms with van der Waals surface area (Å²) in [7, 11) is 2.96. The summed E-state index contributed by atoms with van der Waals surface area (Å²) in [6.45, 7) is 1.93. The van der Waals surface area contributed by atoms with Crippen LogP contribution in [-0.2, 0) is 31.9 Å². The van der Waals surface area contributed by atoms with Crippen LogP contribution in [0.5, 0.6) is 0 Å². The zero-order valence-electron chi connectivity index (χ0n) is 15.7. The van der Waals surface area contributed by atoms with E-state index >= 15 is 0 Å². The lowest BCUT2D eigenvalue weighted by molar-refractivity contribution is -0.122. The second-order valence-corrected chi connectivity index (χ2v) is 6.74. The van der Waals surface area contributed by atoms with E-state index in [0.717, 1.165) is 17.4 Å². The Kier molecular flexibility index (Phi) is 5.25. The molecule has 0 bridgehead atoms. The Hall–Kier alpha value is -3.16. The second kappa shape index (κ2) is 7.61. The quantitative estimate of drug-likeness (QED) is 0.688. The van der Waals surface area contributed by atoms with Crippen molar-refractivity contribution in [3.63, 3.8) is 0 Å². The Morgan fingerprint density at radius 3 is 2.56 bits per heavy atom. The predicted molar refractivity (Wildman–Crippen MR) is 103 cm³/mol. The highest BCUT2D eigenvalue weighted by Crippen LogP contribution is 2.07. The molecule has 3 aromatic rings. The van der Waals surface area contributed by atoms with Gasteiger partial charge in [-0.1, -0.05) is 30.3 Å². The average Bonchev–Trinajstić information content (AvgIpc) is 3.07. The Morgan fingerprint density at radius 1 is 1.15 bits per heavy atom. The van der Waals surface area contributed by atoms with Gasteiger partial charge in [0.15, 0.2) is 11.2 Å². The third-order valence-corrected chi connectivity index (χ3v) is 4.65. The van der Waals surface area contributed by atoms with E-state index in [1.807, 2.05) is 25.1 Å². The van der Waals surface area contributed by atoms with Gasteiger partial charge >= 0.3 is 5.69 Å². The van der Waals surface area contributed by atoms with Gasteiger partial charge in [0.1, 0.15) is 6.54 Å². The van der Waals surface area contributed by atoms with Crippen LogP contribution in [0, 0.1) is 0 Å². The summed E-state index contributed by atoms with van der Waals surface area (Å²) < 4.78 is 3.80. The lowest BCUT2D eigenvalue weighted by atomic mass is 10.1. The summed E-state index contributed by atoms with van der Waals surface area (Å²) in [5.74, 6) is -0.203. The fourth-order valence-electron chi connectivity index (χ4n) is 3.09. The van der Waals surface area contributed by atoms with Crippen molar-refractivity contribution in [3.05, 3.63) is 63.1 Å². The van der Waals surface area contributed by atoms with Gasteiger partial charge in [0.25, 0.3) is 5.56 Å². The molecule has 0 spiro atoms. The topological polar surface area (TPSA) is 90.9 Å². The monoisotopic (exact) mass is 369 g/mol. The van der Waals surface area contributed by atoms with Gasteiger partial charge in [-0.15, -0.1) is 0 Å². The van der Waals surface area contributed by atoms with Crippen molar-refractivity contribution in [1.82, 2.24) is 24.0 Å². The van der Waals surface area contributed by atoms with Crippen molar-refractivity contribution in [2.45, 2.75) is 32.4 Å². The van der Waals surface area contributed by atoms with E-state index in [4.69, 9.17) is 0 Å². The largest absolute Gasteiger partial charge is 0.352 e. The van der Waals surface area contributed by atoms with Gasteiger partial charge < -0.3 is 9.88 Å². The molecule has 2 heterocycles. The van der Waals surface area contributed by atoms with Crippen LogP contribution in [0.2, 0.25) is 0 Å². The van der Waals surface area contributed by atoms with Gasteiger partial charge in [-0.05, 0) is 25.3 Å². The van der Waals surface area contributed by atoms with Gasteiger partial charge in [0.05, 0.1) is 6.33 Å². The summed E-state index contributed by atoms with van der Waals surface area (Å²) in [5.41, 5.74) is 0.829. The number of nitrogens with zero attached hydrogens (tertiary/aromatic N) is 4. The van der Waals surface area contributed by atoms with E-state index in [0.29, 0.717) is 0 Å². The number of carbonyl (C=O) groups excluding carboxylic acids is 1. The molecule has 0 saturated heterocycles. The second-order valence-electron chi connectivity index (χ2n) is 6.74. The van der Waals surface area contributed by atoms with Crippen molar-refractivity contribution in [3.8, 4) is 0 Å². The summed E-state index contributed by atoms with van der Waals surface area (Å²) >= 11 is 0. The normalized spacial score (nSPS) is 12.3. The zero-order chi connectivity index (χ0) is 19.6. The summed E-state index contributed by atoms with van der Waals surface area (Å²) in [6.07, 6.45) is 3.11. The first-order valence-corrected chi connectivity index (χ1v) is 8.82. The molecule has 1 aromatic carbocycles. The van der Waals surface area contributed by atoms with Gasteiger partial charge in [-0.3, -0.25) is 18.7 Å². The smallest absolute Gasteiger partial charge is 0.332 e. The predicted octanol–water partition coefficient (Wildman–Crippen LogP) is 0.571. The molecule has 1 N–H and O–H groups in total. The molecular weight excluding hydrogens is 346 g/mol. The standard InChI is InChI=1S/C19H23N5O3/c1-13(9-10-14-7-5-4-6-8-14)21-15(25)11-24-12-20-17-16(24)18(26)23(3)19(27)22(17)2/h4-8,12-13H,9-11H2,1-3H3,(H,21,25)/t13-/m0/s1. The number of imidazole rings is 1. The van der Waals surface area contributed by atoms with Gasteiger partial charge in [0.2, 0.25) is 5.91 Å². The number of hydrogen-bond acceptors (Lipinski definition) is 4. The van der Waals surface area contributed by atoms with Crippen LogP contribution in [0.15, 0.2) is 46.2 Å². The van der Waals surface area contributed by atoms with Crippen LogP contribution < -0.4 is 16.6 Å². The number of hydrogen-bond donors (Lipinski definition) is 1. The molecule has 3 rings (SSSR count). The minimum Gasteiger partial charge on any atom is -0.352 e. The zero-order valence-corrected chi connectivity index (χ0v) is 15.7. The molecule has 0 aliphatic rings. The van der Waals surface area contributed by atoms with Crippen LogP contribution in [0.25, 0.3) is 11.2 Å². The van der Waals surface area contributed by atoms with E-state index < -0.39 is 11.2 Å². The fourth-order valence-corrected chi connectivity index (χ4v) is 3.09. The van der Waals surface area contributed by atoms with Crippen LogP contribution in [-0.4, -0.2) is 30.6 Å². The molecule has 0 aliphatic heterocycles. The first-order chi connectivity index (χ1) is 12.9. The van der Waals surface area contributed by atoms with Crippen molar-refractivity contribution in [2.75, 3.05) is 0 Å². The highest BCUT2D eigenvalue weighted by atomic mass is 16.2. The lowest BCUT2D eigenvalue weighted by Crippen LogP contribution is -2.39. The van der Waals surface area contributed by atoms with Gasteiger partial charge in [-0.2, -0.15) is 0 Å². The molecule has 0 fully saturated rings. The molecule has 0 unspecified atom stereocenters. The minimum atomic E-state index is -0.462. The molecule has 0 aliphatic carbocycles. The van der Waals surface area contributed by atoms with E-state index in [9.17, 15) is 14.4 Å². The van der Waals surface area contributed by atoms with E-state index in [1.165, 1.54) is 28.1 Å². The highest BCUT2D eigenvalue weighted by molar-refractivity contribution is 5.79. The molecule has 0 radical (unpaired) electrons. The van der Waals surface area contributed by atoms with Crippen LogP contribution in [0.4, 0.5) is 0 Å². The van der Waals surface area contributed by atoms with Crippen molar-refractivity contribution in [2.24, 2.45) is 14.1 Å². The molecule has 2 aromatic heterocycles. The van der Waals surface area contributed by atoms with E-state index in [1.54, 1.807) is 7.05 Å². The molecule has 1 atom stereocenters. The Labute approximate surface area is 156 Å². The molecule has 0 saturated carbocycles. The number of rotatable bonds is 6. The molecule has 142 valence electrons. The number of benzene rings is 1. The maximum absolute atomic E-state index is 12.4. The molecule has 1 amide bonds. The third-order valence-electron chi connectivity index (χ3n) is 4.65. The van der Waals surface area contributed by atoms with Crippen LogP contribution >= 0.6 is 0 Å². The Bertz CT molecular complexity index is 1080. The highest BCUT2D eigenvalue weighted by Gasteiger charge is 2.16. The van der Waals surface area contributed by atoms with Gasteiger partial charge in [0, 0.05) is 20.1 Å². The Balaban J connectivity index is 1.69. The summed E-state index contributed by atoms with van der Waals surface area (Å²) in [5, 5.41) is 2.95. The third kappa shape index (κ3) is 3.84. The first-order valence-electron chi connectivity index (χ1n) is 8.82. The number of aryl methyl sites for hydroxylation is 2. The minimum absolute atomic E-state index is 0.000296. The maximum atomic E-state index is 12.4. The average molecular weight is 369 g/mol. The molecule has 8 nitrogen and oxygen atoms in total. The molecule has 27 heavy (non-hydrogen) atoms. The van der Waals surface area contributed by atoms with Gasteiger partial charge in [-0.25, -0.2) is 9.78 Å². The first kappa shape index (κ1) is 18.6. The van der Waals surface area contributed by atoms with E-state index in [2.05, 4.69) is 22.4 Å². The van der Waals surface area contributed by atoms with Crippen molar-refractivity contribution < 1.29 is 4.79 Å². The Morgan fingerprint density at radius 2 is 1.85 bits per heavy atom. The number of carbonyl (C=O) groups is 1. The van der Waals surface area contributed by atoms with Crippen LogP contribution in [0.3, 0.4) is 0 Å². The number of nitrogens with one attached hydrogen (secondary N) is 1. The molecular formula is C19H23N5O3. The fraction of sp³-hybridized carbons (Fsp3) is 0.368. The number of fused-ring (bicyclic) bond motifs is 1. The van der Waals surface area contributed by atoms with Crippen molar-refractivity contribution in [1.29, 1.82) is 0 Å².